The fraction of sp³-hybridized carbons (Fsp3) is 0.300. The van der Waals surface area contributed by atoms with Crippen LogP contribution in [0, 0.1) is 17.2 Å². The zero-order chi connectivity index (χ0) is 21.3. The van der Waals surface area contributed by atoms with Crippen LogP contribution >= 0.6 is 0 Å². The highest BCUT2D eigenvalue weighted by Crippen LogP contribution is 2.32. The molecule has 0 radical (unpaired) electrons. The Morgan fingerprint density at radius 2 is 2.20 bits per heavy atom. The van der Waals surface area contributed by atoms with Crippen molar-refractivity contribution in [1.82, 2.24) is 14.5 Å². The standard InChI is InChI=1S/C20H18F2N6O2/c1-28-10-25-17-14(28)7-16(26-18(17)27-19(29)12-4-5-12)24-9-13-3-2-11(8-23)6-15(13)30-20(21)22/h2-3,6-7,10,12,20H,4-5,9H2,1H3,(H2,24,26,27,29). The molecule has 1 aromatic carbocycles. The molecule has 30 heavy (non-hydrogen) atoms. The Labute approximate surface area is 170 Å². The molecule has 154 valence electrons. The Morgan fingerprint density at radius 3 is 2.90 bits per heavy atom. The van der Waals surface area contributed by atoms with E-state index >= 15 is 0 Å². The van der Waals surface area contributed by atoms with Crippen molar-refractivity contribution in [3.8, 4) is 11.8 Å². The zero-order valence-corrected chi connectivity index (χ0v) is 16.0. The fourth-order valence-electron chi connectivity index (χ4n) is 3.03. The number of pyridine rings is 1. The van der Waals surface area contributed by atoms with Crippen LogP contribution in [0.1, 0.15) is 24.0 Å². The lowest BCUT2D eigenvalue weighted by Crippen LogP contribution is -2.15. The van der Waals surface area contributed by atoms with Crippen LogP contribution < -0.4 is 15.4 Å². The Kier molecular flexibility index (Phi) is 5.18. The van der Waals surface area contributed by atoms with E-state index < -0.39 is 6.61 Å². The maximum atomic E-state index is 12.7. The molecule has 4 rings (SSSR count). The first kappa shape index (κ1) is 19.6. The number of aryl methyl sites for hydroxylation is 1. The van der Waals surface area contributed by atoms with Crippen LogP contribution in [0.2, 0.25) is 0 Å². The van der Waals surface area contributed by atoms with Gasteiger partial charge >= 0.3 is 6.61 Å². The topological polar surface area (TPSA) is 105 Å². The van der Waals surface area contributed by atoms with E-state index in [-0.39, 0.29) is 29.7 Å². The van der Waals surface area contributed by atoms with Gasteiger partial charge in [0.1, 0.15) is 17.1 Å². The number of hydrogen-bond acceptors (Lipinski definition) is 6. The van der Waals surface area contributed by atoms with Gasteiger partial charge < -0.3 is 19.9 Å². The Hall–Kier alpha value is -3.74. The second-order valence-corrected chi connectivity index (χ2v) is 7.01. The predicted octanol–water partition coefficient (Wildman–Crippen LogP) is 3.40. The maximum absolute atomic E-state index is 12.7. The monoisotopic (exact) mass is 412 g/mol. The molecule has 0 spiro atoms. The SMILES string of the molecule is Cn1cnc2c(NC(=O)C3CC3)nc(NCc3ccc(C#N)cc3OC(F)F)cc21. The number of carbonyl (C=O) groups is 1. The van der Waals surface area contributed by atoms with Crippen LogP contribution in [0.4, 0.5) is 20.4 Å². The van der Waals surface area contributed by atoms with Gasteiger partial charge in [-0.3, -0.25) is 4.79 Å². The molecular formula is C20H18F2N6O2. The molecule has 1 amide bonds. The average Bonchev–Trinajstić information content (AvgIpc) is 3.50. The van der Waals surface area contributed by atoms with Gasteiger partial charge in [-0.1, -0.05) is 6.07 Å². The summed E-state index contributed by atoms with van der Waals surface area (Å²) in [5.74, 6) is 0.613. The Morgan fingerprint density at radius 1 is 1.40 bits per heavy atom. The number of amides is 1. The molecule has 0 saturated heterocycles. The smallest absolute Gasteiger partial charge is 0.387 e. The number of rotatable bonds is 7. The maximum Gasteiger partial charge on any atom is 0.387 e. The molecule has 8 nitrogen and oxygen atoms in total. The normalized spacial score (nSPS) is 13.3. The summed E-state index contributed by atoms with van der Waals surface area (Å²) in [4.78, 5) is 20.9. The van der Waals surface area contributed by atoms with Gasteiger partial charge in [-0.25, -0.2) is 9.97 Å². The van der Waals surface area contributed by atoms with Crippen molar-refractivity contribution in [1.29, 1.82) is 5.26 Å². The third-order valence-corrected chi connectivity index (χ3v) is 4.77. The molecule has 2 aromatic heterocycles. The second-order valence-electron chi connectivity index (χ2n) is 7.01. The minimum Gasteiger partial charge on any atom is -0.434 e. The van der Waals surface area contributed by atoms with Crippen molar-refractivity contribution >= 4 is 28.6 Å². The van der Waals surface area contributed by atoms with E-state index in [0.717, 1.165) is 18.4 Å². The highest BCUT2D eigenvalue weighted by Gasteiger charge is 2.30. The molecule has 1 aliphatic carbocycles. The summed E-state index contributed by atoms with van der Waals surface area (Å²) in [6.07, 6.45) is 3.35. The van der Waals surface area contributed by atoms with E-state index in [1.54, 1.807) is 23.0 Å². The molecular weight excluding hydrogens is 394 g/mol. The number of fused-ring (bicyclic) bond motifs is 1. The summed E-state index contributed by atoms with van der Waals surface area (Å²) < 4.78 is 31.8. The summed E-state index contributed by atoms with van der Waals surface area (Å²) in [6, 6.07) is 7.99. The number of hydrogen-bond donors (Lipinski definition) is 2. The lowest BCUT2D eigenvalue weighted by Gasteiger charge is -2.13. The predicted molar refractivity (Wildman–Crippen MR) is 105 cm³/mol. The first-order chi connectivity index (χ1) is 14.4. The van der Waals surface area contributed by atoms with Crippen molar-refractivity contribution in [2.24, 2.45) is 13.0 Å². The third kappa shape index (κ3) is 4.15. The molecule has 0 unspecified atom stereocenters. The van der Waals surface area contributed by atoms with Crippen LogP contribution in [0.15, 0.2) is 30.6 Å². The number of nitriles is 1. The molecule has 0 atom stereocenters. The number of nitrogens with zero attached hydrogens (tertiary/aromatic N) is 4. The number of imidazole rings is 1. The van der Waals surface area contributed by atoms with Crippen molar-refractivity contribution < 1.29 is 18.3 Å². The third-order valence-electron chi connectivity index (χ3n) is 4.77. The van der Waals surface area contributed by atoms with Crippen molar-refractivity contribution in [2.45, 2.75) is 26.0 Å². The summed E-state index contributed by atoms with van der Waals surface area (Å²) in [5.41, 5.74) is 1.97. The van der Waals surface area contributed by atoms with Crippen LogP contribution in [0.3, 0.4) is 0 Å². The van der Waals surface area contributed by atoms with Gasteiger partial charge in [-0.2, -0.15) is 14.0 Å². The quantitative estimate of drug-likeness (QED) is 0.616. The number of halogens is 2. The minimum atomic E-state index is -3.01. The number of aromatic nitrogens is 3. The van der Waals surface area contributed by atoms with E-state index in [1.165, 1.54) is 12.1 Å². The zero-order valence-electron chi connectivity index (χ0n) is 16.0. The van der Waals surface area contributed by atoms with Gasteiger partial charge in [0.05, 0.1) is 23.5 Å². The number of ether oxygens (including phenoxy) is 1. The first-order valence-electron chi connectivity index (χ1n) is 9.29. The number of benzene rings is 1. The van der Waals surface area contributed by atoms with E-state index in [9.17, 15) is 13.6 Å². The molecule has 10 heteroatoms. The lowest BCUT2D eigenvalue weighted by atomic mass is 10.1. The summed E-state index contributed by atoms with van der Waals surface area (Å²) in [7, 11) is 1.82. The van der Waals surface area contributed by atoms with Gasteiger partial charge in [0.15, 0.2) is 5.82 Å². The molecule has 1 aliphatic rings. The number of carbonyl (C=O) groups excluding carboxylic acids is 1. The summed E-state index contributed by atoms with van der Waals surface area (Å²) in [6.45, 7) is -2.88. The van der Waals surface area contributed by atoms with Crippen molar-refractivity contribution in [3.63, 3.8) is 0 Å². The Balaban J connectivity index is 1.60. The van der Waals surface area contributed by atoms with Crippen LogP contribution in [0.25, 0.3) is 11.0 Å². The van der Waals surface area contributed by atoms with E-state index in [0.29, 0.717) is 22.7 Å². The highest BCUT2D eigenvalue weighted by atomic mass is 19.3. The molecule has 2 N–H and O–H groups in total. The second kappa shape index (κ2) is 7.94. The van der Waals surface area contributed by atoms with Gasteiger partial charge in [0.25, 0.3) is 0 Å². The van der Waals surface area contributed by atoms with Gasteiger partial charge in [0, 0.05) is 31.1 Å². The van der Waals surface area contributed by atoms with Gasteiger partial charge in [-0.15, -0.1) is 0 Å². The van der Waals surface area contributed by atoms with E-state index in [2.05, 4.69) is 25.3 Å². The van der Waals surface area contributed by atoms with E-state index in [4.69, 9.17) is 5.26 Å². The molecule has 1 saturated carbocycles. The van der Waals surface area contributed by atoms with Crippen LogP contribution in [0.5, 0.6) is 5.75 Å². The molecule has 3 aromatic rings. The van der Waals surface area contributed by atoms with Crippen molar-refractivity contribution in [3.05, 3.63) is 41.7 Å². The first-order valence-corrected chi connectivity index (χ1v) is 9.29. The minimum absolute atomic E-state index is 0.00915. The lowest BCUT2D eigenvalue weighted by molar-refractivity contribution is -0.117. The largest absolute Gasteiger partial charge is 0.434 e. The number of nitrogens with one attached hydrogen (secondary N) is 2. The average molecular weight is 412 g/mol. The molecule has 2 heterocycles. The molecule has 1 fully saturated rings. The number of anilines is 2. The highest BCUT2D eigenvalue weighted by molar-refractivity contribution is 6.00. The number of alkyl halides is 2. The van der Waals surface area contributed by atoms with Crippen LogP contribution in [-0.4, -0.2) is 27.1 Å². The summed E-state index contributed by atoms with van der Waals surface area (Å²) >= 11 is 0. The van der Waals surface area contributed by atoms with Crippen molar-refractivity contribution in [2.75, 3.05) is 10.6 Å². The fourth-order valence-corrected chi connectivity index (χ4v) is 3.03. The van der Waals surface area contributed by atoms with Gasteiger partial charge in [0.2, 0.25) is 5.91 Å². The summed E-state index contributed by atoms with van der Waals surface area (Å²) in [5, 5.41) is 14.9. The van der Waals surface area contributed by atoms with Crippen LogP contribution in [-0.2, 0) is 18.4 Å². The van der Waals surface area contributed by atoms with E-state index in [1.807, 2.05) is 13.1 Å². The Bertz CT molecular complexity index is 1150. The van der Waals surface area contributed by atoms with Gasteiger partial charge in [-0.05, 0) is 25.0 Å². The molecule has 0 bridgehead atoms. The molecule has 0 aliphatic heterocycles.